The fourth-order valence-corrected chi connectivity index (χ4v) is 2.90. The van der Waals surface area contributed by atoms with Crippen LogP contribution >= 0.6 is 22.6 Å². The molecule has 2 aromatic rings. The molecule has 6 heteroatoms. The number of aromatic nitrogens is 2. The average Bonchev–Trinajstić information content (AvgIpc) is 2.54. The molecule has 0 spiro atoms. The molecule has 0 bridgehead atoms. The van der Waals surface area contributed by atoms with Gasteiger partial charge in [-0.05, 0) is 47.2 Å². The van der Waals surface area contributed by atoms with Gasteiger partial charge in [0.2, 0.25) is 0 Å². The van der Waals surface area contributed by atoms with Crippen molar-refractivity contribution in [3.05, 3.63) is 27.5 Å². The van der Waals surface area contributed by atoms with E-state index >= 15 is 0 Å². The Morgan fingerprint density at radius 3 is 2.52 bits per heavy atom. The zero-order valence-corrected chi connectivity index (χ0v) is 14.7. The number of methoxy groups -OCH3 is 2. The van der Waals surface area contributed by atoms with E-state index in [1.165, 1.54) is 0 Å². The molecule has 0 fully saturated rings. The Kier molecular flexibility index (Phi) is 5.22. The van der Waals surface area contributed by atoms with Crippen LogP contribution in [0, 0.1) is 3.57 Å². The molecule has 112 valence electrons. The summed E-state index contributed by atoms with van der Waals surface area (Å²) in [6.45, 7) is 2.08. The number of benzene rings is 1. The fraction of sp³-hybridized carbons (Fsp3) is 0.333. The van der Waals surface area contributed by atoms with Gasteiger partial charge in [0.05, 0.1) is 29.0 Å². The van der Waals surface area contributed by atoms with Crippen molar-refractivity contribution < 1.29 is 9.47 Å². The summed E-state index contributed by atoms with van der Waals surface area (Å²) in [5.41, 5.74) is 1.83. The number of aryl methyl sites for hydroxylation is 1. The van der Waals surface area contributed by atoms with E-state index in [-0.39, 0.29) is 0 Å². The second-order valence-electron chi connectivity index (χ2n) is 4.33. The van der Waals surface area contributed by atoms with Crippen LogP contribution in [-0.4, -0.2) is 31.2 Å². The number of hydrogen-bond acceptors (Lipinski definition) is 5. The average molecular weight is 399 g/mol. The summed E-state index contributed by atoms with van der Waals surface area (Å²) in [7, 11) is 5.13. The number of nitrogens with zero attached hydrogens (tertiary/aromatic N) is 2. The van der Waals surface area contributed by atoms with Crippen LogP contribution in [0.1, 0.15) is 12.6 Å². The molecule has 0 saturated carbocycles. The maximum absolute atomic E-state index is 5.42. The first kappa shape index (κ1) is 15.8. The van der Waals surface area contributed by atoms with E-state index < -0.39 is 0 Å². The van der Waals surface area contributed by atoms with Crippen LogP contribution in [0.3, 0.4) is 0 Å². The molecule has 1 N–H and O–H groups in total. The largest absolute Gasteiger partial charge is 0.497 e. The van der Waals surface area contributed by atoms with Gasteiger partial charge in [-0.15, -0.1) is 0 Å². The molecule has 1 aromatic carbocycles. The Balaban J connectivity index is 2.65. The highest BCUT2D eigenvalue weighted by Crippen LogP contribution is 2.33. The van der Waals surface area contributed by atoms with Crippen LogP contribution in [0.2, 0.25) is 0 Å². The van der Waals surface area contributed by atoms with E-state index in [0.29, 0.717) is 5.82 Å². The van der Waals surface area contributed by atoms with Crippen molar-refractivity contribution >= 4 is 28.4 Å². The Morgan fingerprint density at radius 1 is 1.19 bits per heavy atom. The molecule has 1 aromatic heterocycles. The van der Waals surface area contributed by atoms with Gasteiger partial charge < -0.3 is 14.8 Å². The highest BCUT2D eigenvalue weighted by Gasteiger charge is 2.15. The Hall–Kier alpha value is -1.57. The third-order valence-electron chi connectivity index (χ3n) is 3.14. The Bertz CT molecular complexity index is 622. The number of hydrogen-bond donors (Lipinski definition) is 1. The lowest BCUT2D eigenvalue weighted by Gasteiger charge is -2.13. The summed E-state index contributed by atoms with van der Waals surface area (Å²) in [6.07, 6.45) is 0.842. The Labute approximate surface area is 138 Å². The van der Waals surface area contributed by atoms with Gasteiger partial charge in [-0.2, -0.15) is 0 Å². The minimum Gasteiger partial charge on any atom is -0.497 e. The first-order valence-corrected chi connectivity index (χ1v) is 7.69. The topological polar surface area (TPSA) is 56.3 Å². The lowest BCUT2D eigenvalue weighted by Crippen LogP contribution is -2.05. The van der Waals surface area contributed by atoms with Crippen molar-refractivity contribution in [1.82, 2.24) is 9.97 Å². The molecule has 0 radical (unpaired) electrons. The lowest BCUT2D eigenvalue weighted by atomic mass is 10.1. The normalized spacial score (nSPS) is 10.3. The molecular formula is C15H18IN3O2. The molecule has 2 rings (SSSR count). The fourth-order valence-electron chi connectivity index (χ4n) is 2.00. The van der Waals surface area contributed by atoms with Gasteiger partial charge in [-0.25, -0.2) is 9.97 Å². The van der Waals surface area contributed by atoms with Crippen LogP contribution in [0.4, 0.5) is 5.82 Å². The predicted octanol–water partition coefficient (Wildman–Crippen LogP) is 3.37. The zero-order chi connectivity index (χ0) is 15.4. The van der Waals surface area contributed by atoms with E-state index in [9.17, 15) is 0 Å². The van der Waals surface area contributed by atoms with Crippen LogP contribution < -0.4 is 14.8 Å². The highest BCUT2D eigenvalue weighted by atomic mass is 127. The summed E-state index contributed by atoms with van der Waals surface area (Å²) < 4.78 is 11.7. The van der Waals surface area contributed by atoms with Gasteiger partial charge in [0.1, 0.15) is 17.3 Å². The number of nitrogens with one attached hydrogen (secondary N) is 1. The van der Waals surface area contributed by atoms with Crippen LogP contribution in [0.15, 0.2) is 18.2 Å². The number of anilines is 1. The third kappa shape index (κ3) is 3.20. The van der Waals surface area contributed by atoms with E-state index in [4.69, 9.17) is 9.47 Å². The van der Waals surface area contributed by atoms with Crippen LogP contribution in [0.5, 0.6) is 11.5 Å². The van der Waals surface area contributed by atoms with E-state index in [2.05, 4.69) is 44.8 Å². The quantitative estimate of drug-likeness (QED) is 0.782. The summed E-state index contributed by atoms with van der Waals surface area (Å²) in [6, 6.07) is 5.61. The smallest absolute Gasteiger partial charge is 0.165 e. The van der Waals surface area contributed by atoms with Crippen molar-refractivity contribution in [2.75, 3.05) is 26.6 Å². The molecule has 0 unspecified atom stereocenters. The standard InChI is InChI=1S/C15H18IN3O2/c1-5-11-13(16)15(17-2)19-14(18-11)10-8-9(20-3)6-7-12(10)21-4/h6-8H,5H2,1-4H3,(H,17,18,19). The second-order valence-corrected chi connectivity index (χ2v) is 5.41. The third-order valence-corrected chi connectivity index (χ3v) is 4.27. The Morgan fingerprint density at radius 2 is 1.95 bits per heavy atom. The number of rotatable bonds is 5. The molecule has 1 heterocycles. The van der Waals surface area contributed by atoms with Crippen molar-refractivity contribution in [2.24, 2.45) is 0 Å². The number of halogens is 1. The van der Waals surface area contributed by atoms with Gasteiger partial charge >= 0.3 is 0 Å². The van der Waals surface area contributed by atoms with E-state index in [0.717, 1.165) is 38.6 Å². The van der Waals surface area contributed by atoms with Crippen LogP contribution in [0.25, 0.3) is 11.4 Å². The molecular weight excluding hydrogens is 381 g/mol. The van der Waals surface area contributed by atoms with E-state index in [1.54, 1.807) is 14.2 Å². The van der Waals surface area contributed by atoms with Gasteiger partial charge in [0.15, 0.2) is 5.82 Å². The molecule has 0 aliphatic carbocycles. The summed E-state index contributed by atoms with van der Waals surface area (Å²) in [5.74, 6) is 2.92. The van der Waals surface area contributed by atoms with Crippen molar-refractivity contribution in [2.45, 2.75) is 13.3 Å². The maximum atomic E-state index is 5.42. The zero-order valence-electron chi connectivity index (χ0n) is 12.5. The molecule has 21 heavy (non-hydrogen) atoms. The number of ether oxygens (including phenoxy) is 2. The van der Waals surface area contributed by atoms with Gasteiger partial charge in [0, 0.05) is 7.05 Å². The minimum atomic E-state index is 0.632. The molecule has 5 nitrogen and oxygen atoms in total. The summed E-state index contributed by atoms with van der Waals surface area (Å²) in [5, 5.41) is 3.12. The molecule has 0 atom stereocenters. The SMILES string of the molecule is CCc1nc(-c2cc(OC)ccc2OC)nc(NC)c1I. The van der Waals surface area contributed by atoms with Crippen molar-refractivity contribution in [1.29, 1.82) is 0 Å². The van der Waals surface area contributed by atoms with Gasteiger partial charge in [-0.1, -0.05) is 6.92 Å². The first-order valence-electron chi connectivity index (χ1n) is 6.61. The van der Waals surface area contributed by atoms with Crippen LogP contribution in [-0.2, 0) is 6.42 Å². The van der Waals surface area contributed by atoms with Crippen molar-refractivity contribution in [3.8, 4) is 22.9 Å². The first-order chi connectivity index (χ1) is 10.1. The molecule has 0 aliphatic rings. The maximum Gasteiger partial charge on any atom is 0.165 e. The van der Waals surface area contributed by atoms with Gasteiger partial charge in [-0.3, -0.25) is 0 Å². The van der Waals surface area contributed by atoms with Crippen molar-refractivity contribution in [3.63, 3.8) is 0 Å². The lowest BCUT2D eigenvalue weighted by molar-refractivity contribution is 0.404. The van der Waals surface area contributed by atoms with Gasteiger partial charge in [0.25, 0.3) is 0 Å². The predicted molar refractivity (Wildman–Crippen MR) is 92.2 cm³/mol. The minimum absolute atomic E-state index is 0.632. The summed E-state index contributed by atoms with van der Waals surface area (Å²) >= 11 is 2.27. The molecule has 0 aliphatic heterocycles. The monoisotopic (exact) mass is 399 g/mol. The highest BCUT2D eigenvalue weighted by molar-refractivity contribution is 14.1. The summed E-state index contributed by atoms with van der Waals surface area (Å²) in [4.78, 5) is 9.25. The second kappa shape index (κ2) is 6.93. The molecule has 0 amide bonds. The molecule has 0 saturated heterocycles. The van der Waals surface area contributed by atoms with E-state index in [1.807, 2.05) is 25.2 Å².